The van der Waals surface area contributed by atoms with Crippen molar-refractivity contribution in [1.29, 1.82) is 0 Å². The average molecular weight is 285 g/mol. The number of hydrogen-bond acceptors (Lipinski definition) is 3. The van der Waals surface area contributed by atoms with E-state index in [-0.39, 0.29) is 0 Å². The van der Waals surface area contributed by atoms with Gasteiger partial charge in [0, 0.05) is 29.4 Å². The van der Waals surface area contributed by atoms with Crippen LogP contribution in [-0.2, 0) is 4.74 Å². The third kappa shape index (κ3) is 2.98. The molecular formula is C16H31NOS. The van der Waals surface area contributed by atoms with E-state index in [4.69, 9.17) is 4.74 Å². The second kappa shape index (κ2) is 6.36. The van der Waals surface area contributed by atoms with Crippen LogP contribution in [0.3, 0.4) is 0 Å². The Balaban J connectivity index is 1.86. The highest BCUT2D eigenvalue weighted by Gasteiger charge is 2.51. The van der Waals surface area contributed by atoms with Crippen LogP contribution in [0.2, 0.25) is 0 Å². The largest absolute Gasteiger partial charge is 0.378 e. The van der Waals surface area contributed by atoms with Gasteiger partial charge in [0.15, 0.2) is 0 Å². The van der Waals surface area contributed by atoms with Gasteiger partial charge >= 0.3 is 0 Å². The maximum absolute atomic E-state index is 5.89. The Bertz CT molecular complexity index is 290. The van der Waals surface area contributed by atoms with E-state index >= 15 is 0 Å². The van der Waals surface area contributed by atoms with Gasteiger partial charge in [-0.1, -0.05) is 26.7 Å². The molecule has 3 unspecified atom stereocenters. The van der Waals surface area contributed by atoms with E-state index in [1.807, 2.05) is 0 Å². The summed E-state index contributed by atoms with van der Waals surface area (Å²) < 4.78 is 6.41. The van der Waals surface area contributed by atoms with Crippen LogP contribution in [0.25, 0.3) is 0 Å². The van der Waals surface area contributed by atoms with E-state index in [0.29, 0.717) is 22.3 Å². The number of rotatable bonds is 7. The lowest BCUT2D eigenvalue weighted by Crippen LogP contribution is -2.63. The summed E-state index contributed by atoms with van der Waals surface area (Å²) in [5.74, 6) is 0. The zero-order valence-corrected chi connectivity index (χ0v) is 13.9. The summed E-state index contributed by atoms with van der Waals surface area (Å²) in [6, 6.07) is 0.652. The summed E-state index contributed by atoms with van der Waals surface area (Å²) in [6.45, 7) is 8.85. The van der Waals surface area contributed by atoms with Crippen molar-refractivity contribution in [1.82, 2.24) is 5.32 Å². The van der Waals surface area contributed by atoms with E-state index in [0.717, 1.165) is 6.61 Å². The Morgan fingerprint density at radius 1 is 1.26 bits per heavy atom. The fourth-order valence-corrected chi connectivity index (χ4v) is 4.77. The molecule has 0 amide bonds. The molecule has 0 aromatic carbocycles. The highest BCUT2D eigenvalue weighted by molar-refractivity contribution is 8.00. The summed E-state index contributed by atoms with van der Waals surface area (Å²) in [7, 11) is 0. The Labute approximate surface area is 123 Å². The smallest absolute Gasteiger partial charge is 0.0658 e. The van der Waals surface area contributed by atoms with Gasteiger partial charge in [-0.15, -0.1) is 0 Å². The van der Waals surface area contributed by atoms with E-state index in [2.05, 4.69) is 44.1 Å². The third-order valence-electron chi connectivity index (χ3n) is 5.73. The molecule has 0 spiro atoms. The molecule has 3 heteroatoms. The first-order chi connectivity index (χ1) is 9.10. The van der Waals surface area contributed by atoms with Crippen molar-refractivity contribution in [3.05, 3.63) is 0 Å². The lowest BCUT2D eigenvalue weighted by molar-refractivity contribution is -0.125. The van der Waals surface area contributed by atoms with Crippen molar-refractivity contribution < 1.29 is 4.74 Å². The topological polar surface area (TPSA) is 21.3 Å². The molecule has 0 radical (unpaired) electrons. The zero-order valence-electron chi connectivity index (χ0n) is 13.1. The average Bonchev–Trinajstić information content (AvgIpc) is 2.90. The summed E-state index contributed by atoms with van der Waals surface area (Å²) in [5.41, 5.74) is 0.341. The van der Waals surface area contributed by atoms with Crippen LogP contribution in [-0.4, -0.2) is 36.3 Å². The third-order valence-corrected chi connectivity index (χ3v) is 7.15. The first kappa shape index (κ1) is 15.7. The molecular weight excluding hydrogens is 254 g/mol. The number of hydrogen-bond donors (Lipinski definition) is 1. The molecule has 1 N–H and O–H groups in total. The Hall–Kier alpha value is 0.270. The molecule has 0 bridgehead atoms. The van der Waals surface area contributed by atoms with Gasteiger partial charge in [-0.05, 0) is 38.9 Å². The fourth-order valence-electron chi connectivity index (χ4n) is 3.85. The summed E-state index contributed by atoms with van der Waals surface area (Å²) in [6.07, 6.45) is 10.8. The van der Waals surface area contributed by atoms with Crippen LogP contribution in [0.15, 0.2) is 0 Å². The zero-order chi connectivity index (χ0) is 13.9. The molecule has 2 nitrogen and oxygen atoms in total. The number of nitrogens with one attached hydrogen (secondary N) is 1. The summed E-state index contributed by atoms with van der Waals surface area (Å²) >= 11 is 2.08. The maximum atomic E-state index is 5.89. The van der Waals surface area contributed by atoms with Crippen LogP contribution in [0, 0.1) is 5.41 Å². The first-order valence-corrected chi connectivity index (χ1v) is 9.23. The highest BCUT2D eigenvalue weighted by atomic mass is 32.2. The SMILES string of the molecule is CCOC1CC(NCC2(SC)CCCC2)C1(C)CC. The summed E-state index contributed by atoms with van der Waals surface area (Å²) in [4.78, 5) is 0. The molecule has 0 aromatic heterocycles. The second-order valence-corrected chi connectivity index (χ2v) is 7.84. The van der Waals surface area contributed by atoms with Crippen molar-refractivity contribution in [3.63, 3.8) is 0 Å². The first-order valence-electron chi connectivity index (χ1n) is 8.00. The number of thioether (sulfide) groups is 1. The predicted molar refractivity (Wildman–Crippen MR) is 84.9 cm³/mol. The molecule has 0 saturated heterocycles. The van der Waals surface area contributed by atoms with Crippen molar-refractivity contribution in [3.8, 4) is 0 Å². The molecule has 2 aliphatic carbocycles. The molecule has 2 fully saturated rings. The van der Waals surface area contributed by atoms with Crippen LogP contribution in [0.4, 0.5) is 0 Å². The van der Waals surface area contributed by atoms with Gasteiger partial charge < -0.3 is 10.1 Å². The minimum atomic E-state index is 0.341. The predicted octanol–water partition coefficient (Wildman–Crippen LogP) is 3.85. The Morgan fingerprint density at radius 3 is 2.47 bits per heavy atom. The van der Waals surface area contributed by atoms with Crippen LogP contribution in [0.1, 0.15) is 59.3 Å². The minimum absolute atomic E-state index is 0.341. The van der Waals surface area contributed by atoms with Crippen LogP contribution in [0.5, 0.6) is 0 Å². The molecule has 2 saturated carbocycles. The fraction of sp³-hybridized carbons (Fsp3) is 1.00. The Morgan fingerprint density at radius 2 is 1.95 bits per heavy atom. The monoisotopic (exact) mass is 285 g/mol. The van der Waals surface area contributed by atoms with Crippen molar-refractivity contribution in [2.45, 2.75) is 76.2 Å². The Kier molecular flexibility index (Phi) is 5.24. The van der Waals surface area contributed by atoms with E-state index in [9.17, 15) is 0 Å². The van der Waals surface area contributed by atoms with E-state index in [1.54, 1.807) is 0 Å². The molecule has 112 valence electrons. The van der Waals surface area contributed by atoms with Crippen LogP contribution < -0.4 is 5.32 Å². The van der Waals surface area contributed by atoms with Gasteiger partial charge in [-0.2, -0.15) is 11.8 Å². The lowest BCUT2D eigenvalue weighted by Gasteiger charge is -2.54. The normalized spacial score (nSPS) is 37.3. The van der Waals surface area contributed by atoms with Gasteiger partial charge in [0.05, 0.1) is 6.10 Å². The standard InChI is InChI=1S/C16H31NOS/c1-5-15(3)13(11-14(15)18-6-2)17-12-16(19-4)9-7-8-10-16/h13-14,17H,5-12H2,1-4H3. The van der Waals surface area contributed by atoms with Crippen LogP contribution >= 0.6 is 11.8 Å². The summed E-state index contributed by atoms with van der Waals surface area (Å²) in [5, 5.41) is 3.88. The number of ether oxygens (including phenoxy) is 1. The minimum Gasteiger partial charge on any atom is -0.378 e. The van der Waals surface area contributed by atoms with Crippen molar-refractivity contribution >= 4 is 11.8 Å². The van der Waals surface area contributed by atoms with E-state index in [1.165, 1.54) is 45.1 Å². The van der Waals surface area contributed by atoms with Gasteiger partial charge in [0.25, 0.3) is 0 Å². The van der Waals surface area contributed by atoms with Gasteiger partial charge in [0.1, 0.15) is 0 Å². The van der Waals surface area contributed by atoms with Gasteiger partial charge in [0.2, 0.25) is 0 Å². The molecule has 19 heavy (non-hydrogen) atoms. The maximum Gasteiger partial charge on any atom is 0.0658 e. The highest BCUT2D eigenvalue weighted by Crippen LogP contribution is 2.47. The quantitative estimate of drug-likeness (QED) is 0.768. The molecule has 2 aliphatic rings. The van der Waals surface area contributed by atoms with Crippen molar-refractivity contribution in [2.75, 3.05) is 19.4 Å². The van der Waals surface area contributed by atoms with Crippen molar-refractivity contribution in [2.24, 2.45) is 5.41 Å². The van der Waals surface area contributed by atoms with Gasteiger partial charge in [-0.3, -0.25) is 0 Å². The van der Waals surface area contributed by atoms with Gasteiger partial charge in [-0.25, -0.2) is 0 Å². The van der Waals surface area contributed by atoms with E-state index < -0.39 is 0 Å². The molecule has 2 rings (SSSR count). The molecule has 0 heterocycles. The molecule has 0 aromatic rings. The molecule has 3 atom stereocenters. The lowest BCUT2D eigenvalue weighted by atomic mass is 9.61. The second-order valence-electron chi connectivity index (χ2n) is 6.57. The molecule has 0 aliphatic heterocycles.